The number of quaternary nitrogens is 1. The maximum Gasteiger partial charge on any atom is 0.333 e. The molecule has 0 saturated carbocycles. The highest BCUT2D eigenvalue weighted by atomic mass is 16.5. The minimum absolute atomic E-state index is 0.252. The Morgan fingerprint density at radius 3 is 2.47 bits per heavy atom. The quantitative estimate of drug-likeness (QED) is 0.388. The smallest absolute Gasteiger partial charge is 0.333 e. The van der Waals surface area contributed by atoms with E-state index in [4.69, 9.17) is 4.74 Å². The van der Waals surface area contributed by atoms with Crippen molar-refractivity contribution in [3.63, 3.8) is 0 Å². The Balaban J connectivity index is 2.34. The van der Waals surface area contributed by atoms with Crippen LogP contribution in [0.3, 0.4) is 0 Å². The van der Waals surface area contributed by atoms with Crippen molar-refractivity contribution in [3.05, 3.63) is 12.2 Å². The predicted molar refractivity (Wildman–Crippen MR) is 69.6 cm³/mol. The van der Waals surface area contributed by atoms with Gasteiger partial charge in [0, 0.05) is 18.4 Å². The van der Waals surface area contributed by atoms with Crippen molar-refractivity contribution < 1.29 is 14.0 Å². The molecule has 98 valence electrons. The van der Waals surface area contributed by atoms with Gasteiger partial charge in [-0.15, -0.1) is 0 Å². The van der Waals surface area contributed by atoms with Crippen molar-refractivity contribution >= 4 is 5.97 Å². The highest BCUT2D eigenvalue weighted by molar-refractivity contribution is 5.86. The second kappa shape index (κ2) is 6.80. The summed E-state index contributed by atoms with van der Waals surface area (Å²) in [7, 11) is 0. The van der Waals surface area contributed by atoms with E-state index in [1.807, 2.05) is 0 Å². The SMILES string of the molecule is C=C(C)C(=O)OCC[N+]1(CCCC)CCCC1. The van der Waals surface area contributed by atoms with Gasteiger partial charge in [-0.2, -0.15) is 0 Å². The van der Waals surface area contributed by atoms with Crippen LogP contribution < -0.4 is 0 Å². The third kappa shape index (κ3) is 4.50. The molecule has 3 heteroatoms. The number of carbonyl (C=O) groups is 1. The molecular formula is C14H26NO2+. The van der Waals surface area contributed by atoms with E-state index in [-0.39, 0.29) is 5.97 Å². The summed E-state index contributed by atoms with van der Waals surface area (Å²) >= 11 is 0. The van der Waals surface area contributed by atoms with E-state index in [0.717, 1.165) is 11.0 Å². The van der Waals surface area contributed by atoms with Gasteiger partial charge in [0.15, 0.2) is 0 Å². The molecule has 0 unspecified atom stereocenters. The fraction of sp³-hybridized carbons (Fsp3) is 0.786. The molecule has 1 heterocycles. The van der Waals surface area contributed by atoms with E-state index in [9.17, 15) is 4.79 Å². The van der Waals surface area contributed by atoms with Crippen LogP contribution in [0, 0.1) is 0 Å². The monoisotopic (exact) mass is 240 g/mol. The normalized spacial score (nSPS) is 18.0. The first-order valence-corrected chi connectivity index (χ1v) is 6.77. The minimum atomic E-state index is -0.252. The second-order valence-electron chi connectivity index (χ2n) is 5.21. The van der Waals surface area contributed by atoms with Crippen LogP contribution in [0.5, 0.6) is 0 Å². The molecule has 0 N–H and O–H groups in total. The van der Waals surface area contributed by atoms with Crippen LogP contribution in [0.25, 0.3) is 0 Å². The van der Waals surface area contributed by atoms with Crippen LogP contribution in [0.4, 0.5) is 0 Å². The molecule has 0 aromatic rings. The Labute approximate surface area is 105 Å². The third-order valence-corrected chi connectivity index (χ3v) is 3.65. The number of carbonyl (C=O) groups excluding carboxylic acids is 1. The Bertz CT molecular complexity index is 267. The third-order valence-electron chi connectivity index (χ3n) is 3.65. The van der Waals surface area contributed by atoms with Crippen molar-refractivity contribution in [1.29, 1.82) is 0 Å². The molecule has 1 aliphatic rings. The Morgan fingerprint density at radius 2 is 1.94 bits per heavy atom. The zero-order valence-corrected chi connectivity index (χ0v) is 11.3. The first-order valence-electron chi connectivity index (χ1n) is 6.77. The second-order valence-corrected chi connectivity index (χ2v) is 5.21. The van der Waals surface area contributed by atoms with E-state index in [1.54, 1.807) is 6.92 Å². The highest BCUT2D eigenvalue weighted by Crippen LogP contribution is 2.20. The lowest BCUT2D eigenvalue weighted by Crippen LogP contribution is -2.48. The van der Waals surface area contributed by atoms with Crippen molar-refractivity contribution in [2.75, 3.05) is 32.8 Å². The maximum atomic E-state index is 11.3. The summed E-state index contributed by atoms with van der Waals surface area (Å²) in [6.45, 7) is 12.8. The topological polar surface area (TPSA) is 26.3 Å². The molecule has 1 rings (SSSR count). The van der Waals surface area contributed by atoms with Crippen molar-refractivity contribution in [2.24, 2.45) is 0 Å². The van der Waals surface area contributed by atoms with Crippen molar-refractivity contribution in [3.8, 4) is 0 Å². The number of esters is 1. The van der Waals surface area contributed by atoms with E-state index < -0.39 is 0 Å². The van der Waals surface area contributed by atoms with Gasteiger partial charge in [-0.25, -0.2) is 4.79 Å². The van der Waals surface area contributed by atoms with Crippen LogP contribution in [0.2, 0.25) is 0 Å². The van der Waals surface area contributed by atoms with Gasteiger partial charge >= 0.3 is 5.97 Å². The summed E-state index contributed by atoms with van der Waals surface area (Å²) in [5.74, 6) is -0.252. The number of hydrogen-bond donors (Lipinski definition) is 0. The molecule has 0 bridgehead atoms. The van der Waals surface area contributed by atoms with Gasteiger partial charge in [0.2, 0.25) is 0 Å². The number of nitrogens with zero attached hydrogens (tertiary/aromatic N) is 1. The Kier molecular flexibility index (Phi) is 5.69. The summed E-state index contributed by atoms with van der Waals surface area (Å²) in [5, 5.41) is 0. The van der Waals surface area contributed by atoms with Gasteiger partial charge in [-0.1, -0.05) is 19.9 Å². The molecule has 0 spiro atoms. The first-order chi connectivity index (χ1) is 8.09. The lowest BCUT2D eigenvalue weighted by Gasteiger charge is -2.34. The number of hydrogen-bond acceptors (Lipinski definition) is 2. The minimum Gasteiger partial charge on any atom is -0.456 e. The largest absolute Gasteiger partial charge is 0.456 e. The standard InChI is InChI=1S/C14H26NO2/c1-4-5-8-15(9-6-7-10-15)11-12-17-14(16)13(2)3/h2,4-12H2,1,3H3/q+1. The molecule has 3 nitrogen and oxygen atoms in total. The van der Waals surface area contributed by atoms with Gasteiger partial charge in [0.25, 0.3) is 0 Å². The fourth-order valence-corrected chi connectivity index (χ4v) is 2.51. The molecule has 0 aromatic carbocycles. The molecule has 0 aliphatic carbocycles. The molecule has 0 aromatic heterocycles. The van der Waals surface area contributed by atoms with Crippen LogP contribution in [0.1, 0.15) is 39.5 Å². The maximum absolute atomic E-state index is 11.3. The molecule has 1 aliphatic heterocycles. The van der Waals surface area contributed by atoms with E-state index in [1.165, 1.54) is 45.3 Å². The summed E-state index contributed by atoms with van der Waals surface area (Å²) < 4.78 is 6.37. The Hall–Kier alpha value is -0.830. The van der Waals surface area contributed by atoms with Crippen LogP contribution >= 0.6 is 0 Å². The van der Waals surface area contributed by atoms with Gasteiger partial charge in [0.05, 0.1) is 19.6 Å². The van der Waals surface area contributed by atoms with Gasteiger partial charge in [-0.05, 0) is 13.3 Å². The van der Waals surface area contributed by atoms with Crippen LogP contribution in [-0.2, 0) is 9.53 Å². The van der Waals surface area contributed by atoms with Crippen LogP contribution in [-0.4, -0.2) is 43.2 Å². The fourth-order valence-electron chi connectivity index (χ4n) is 2.51. The van der Waals surface area contributed by atoms with E-state index in [0.29, 0.717) is 12.2 Å². The van der Waals surface area contributed by atoms with Crippen molar-refractivity contribution in [2.45, 2.75) is 39.5 Å². The molecular weight excluding hydrogens is 214 g/mol. The molecule has 17 heavy (non-hydrogen) atoms. The first kappa shape index (κ1) is 14.2. The van der Waals surface area contributed by atoms with E-state index in [2.05, 4.69) is 13.5 Å². The average molecular weight is 240 g/mol. The summed E-state index contributed by atoms with van der Waals surface area (Å²) in [4.78, 5) is 11.3. The Morgan fingerprint density at radius 1 is 1.29 bits per heavy atom. The zero-order chi connectivity index (χ0) is 12.7. The predicted octanol–water partition coefficient (Wildman–Crippen LogP) is 2.52. The van der Waals surface area contributed by atoms with Gasteiger partial charge < -0.3 is 9.22 Å². The van der Waals surface area contributed by atoms with Gasteiger partial charge in [-0.3, -0.25) is 0 Å². The molecule has 0 amide bonds. The summed E-state index contributed by atoms with van der Waals surface area (Å²) in [6, 6.07) is 0. The number of rotatable bonds is 7. The van der Waals surface area contributed by atoms with Crippen molar-refractivity contribution in [1.82, 2.24) is 0 Å². The number of unbranched alkanes of at least 4 members (excludes halogenated alkanes) is 1. The zero-order valence-electron chi connectivity index (χ0n) is 11.3. The number of likely N-dealkylation sites (tertiary alicyclic amines) is 1. The molecule has 0 radical (unpaired) electrons. The summed E-state index contributed by atoms with van der Waals surface area (Å²) in [5.41, 5.74) is 0.492. The summed E-state index contributed by atoms with van der Waals surface area (Å²) in [6.07, 6.45) is 5.15. The molecule has 1 fully saturated rings. The highest BCUT2D eigenvalue weighted by Gasteiger charge is 2.31. The van der Waals surface area contributed by atoms with E-state index >= 15 is 0 Å². The van der Waals surface area contributed by atoms with Gasteiger partial charge in [0.1, 0.15) is 13.2 Å². The molecule has 0 atom stereocenters. The molecule has 1 saturated heterocycles. The lowest BCUT2D eigenvalue weighted by molar-refractivity contribution is -0.917. The average Bonchev–Trinajstić information content (AvgIpc) is 2.75. The lowest BCUT2D eigenvalue weighted by atomic mass is 10.2. The van der Waals surface area contributed by atoms with Crippen LogP contribution in [0.15, 0.2) is 12.2 Å². The number of ether oxygens (including phenoxy) is 1.